The third-order valence-corrected chi connectivity index (χ3v) is 3.71. The van der Waals surface area contributed by atoms with Crippen LogP contribution in [0.15, 0.2) is 18.2 Å². The molecule has 2 aliphatic heterocycles. The number of methoxy groups -OCH3 is 1. The first-order valence-corrected chi connectivity index (χ1v) is 5.90. The fourth-order valence-corrected chi connectivity index (χ4v) is 2.79. The third-order valence-electron chi connectivity index (χ3n) is 3.71. The van der Waals surface area contributed by atoms with E-state index in [4.69, 9.17) is 9.47 Å². The third kappa shape index (κ3) is 1.55. The Kier molecular flexibility index (Phi) is 2.48. The summed E-state index contributed by atoms with van der Waals surface area (Å²) in [5.41, 5.74) is 1.34. The summed E-state index contributed by atoms with van der Waals surface area (Å²) in [6.45, 7) is 3.02. The predicted molar refractivity (Wildman–Crippen MR) is 62.2 cm³/mol. The molecular weight excluding hydrogens is 202 g/mol. The molecule has 3 nitrogen and oxygen atoms in total. The van der Waals surface area contributed by atoms with Crippen molar-refractivity contribution in [1.82, 2.24) is 5.32 Å². The van der Waals surface area contributed by atoms with E-state index in [0.717, 1.165) is 43.5 Å². The van der Waals surface area contributed by atoms with Gasteiger partial charge >= 0.3 is 0 Å². The summed E-state index contributed by atoms with van der Waals surface area (Å²) in [6.07, 6.45) is 1.15. The van der Waals surface area contributed by atoms with Gasteiger partial charge in [-0.25, -0.2) is 0 Å². The lowest BCUT2D eigenvalue weighted by atomic mass is 9.87. The quantitative estimate of drug-likeness (QED) is 0.781. The van der Waals surface area contributed by atoms with Crippen molar-refractivity contribution in [1.29, 1.82) is 0 Å². The van der Waals surface area contributed by atoms with Crippen LogP contribution in [0.5, 0.6) is 11.5 Å². The van der Waals surface area contributed by atoms with Crippen molar-refractivity contribution in [3.63, 3.8) is 0 Å². The second-order valence-electron chi connectivity index (χ2n) is 4.57. The zero-order valence-electron chi connectivity index (χ0n) is 9.53. The molecule has 0 saturated carbocycles. The number of hydrogen-bond donors (Lipinski definition) is 1. The fourth-order valence-electron chi connectivity index (χ4n) is 2.79. The van der Waals surface area contributed by atoms with E-state index in [9.17, 15) is 0 Å². The van der Waals surface area contributed by atoms with E-state index in [1.165, 1.54) is 5.56 Å². The van der Waals surface area contributed by atoms with Gasteiger partial charge in [-0.2, -0.15) is 0 Å². The molecule has 1 aromatic rings. The van der Waals surface area contributed by atoms with Gasteiger partial charge in [0.2, 0.25) is 0 Å². The lowest BCUT2D eigenvalue weighted by molar-refractivity contribution is 0.295. The number of ether oxygens (including phenoxy) is 2. The first kappa shape index (κ1) is 9.97. The minimum Gasteiger partial charge on any atom is -0.497 e. The van der Waals surface area contributed by atoms with Crippen LogP contribution in [0, 0.1) is 5.92 Å². The van der Waals surface area contributed by atoms with Crippen molar-refractivity contribution in [2.75, 3.05) is 26.8 Å². The summed E-state index contributed by atoms with van der Waals surface area (Å²) in [5.74, 6) is 3.23. The molecule has 3 rings (SSSR count). The van der Waals surface area contributed by atoms with Crippen LogP contribution in [0.4, 0.5) is 0 Å². The van der Waals surface area contributed by atoms with Crippen LogP contribution in [-0.4, -0.2) is 26.8 Å². The molecule has 1 aromatic carbocycles. The normalized spacial score (nSPS) is 27.6. The standard InChI is InChI=1S/C13H17NO2/c1-15-10-2-3-11-12-8-14-7-9(12)4-5-16-13(11)6-10/h2-3,6,9,12,14H,4-5,7-8H2,1H3/t9-,12-/m1/s1. The molecule has 2 heterocycles. The van der Waals surface area contributed by atoms with Gasteiger partial charge in [0.25, 0.3) is 0 Å². The van der Waals surface area contributed by atoms with Gasteiger partial charge in [-0.15, -0.1) is 0 Å². The highest BCUT2D eigenvalue weighted by Gasteiger charge is 2.32. The number of benzene rings is 1. The zero-order chi connectivity index (χ0) is 11.0. The predicted octanol–water partition coefficient (Wildman–Crippen LogP) is 1.78. The van der Waals surface area contributed by atoms with Crippen molar-refractivity contribution in [2.24, 2.45) is 5.92 Å². The van der Waals surface area contributed by atoms with Gasteiger partial charge in [-0.3, -0.25) is 0 Å². The number of hydrogen-bond acceptors (Lipinski definition) is 3. The van der Waals surface area contributed by atoms with Gasteiger partial charge in [0.1, 0.15) is 11.5 Å². The minimum atomic E-state index is 0.614. The van der Waals surface area contributed by atoms with E-state index in [1.54, 1.807) is 7.11 Å². The van der Waals surface area contributed by atoms with Crippen molar-refractivity contribution < 1.29 is 9.47 Å². The molecule has 3 heteroatoms. The van der Waals surface area contributed by atoms with Crippen LogP contribution in [0.3, 0.4) is 0 Å². The van der Waals surface area contributed by atoms with Crippen LogP contribution in [-0.2, 0) is 0 Å². The monoisotopic (exact) mass is 219 g/mol. The highest BCUT2D eigenvalue weighted by atomic mass is 16.5. The summed E-state index contributed by atoms with van der Waals surface area (Å²) >= 11 is 0. The molecule has 0 radical (unpaired) electrons. The van der Waals surface area contributed by atoms with Crippen LogP contribution >= 0.6 is 0 Å². The molecule has 1 N–H and O–H groups in total. The fraction of sp³-hybridized carbons (Fsp3) is 0.538. The van der Waals surface area contributed by atoms with E-state index >= 15 is 0 Å². The Morgan fingerprint density at radius 2 is 2.31 bits per heavy atom. The molecule has 0 bridgehead atoms. The van der Waals surface area contributed by atoms with Gasteiger partial charge in [0.15, 0.2) is 0 Å². The van der Waals surface area contributed by atoms with Crippen molar-refractivity contribution in [3.8, 4) is 11.5 Å². The lowest BCUT2D eigenvalue weighted by Gasteiger charge is -2.16. The maximum absolute atomic E-state index is 5.82. The average molecular weight is 219 g/mol. The highest BCUT2D eigenvalue weighted by molar-refractivity contribution is 5.44. The smallest absolute Gasteiger partial charge is 0.126 e. The van der Waals surface area contributed by atoms with Crippen LogP contribution in [0.1, 0.15) is 17.9 Å². The molecule has 86 valence electrons. The average Bonchev–Trinajstić information content (AvgIpc) is 2.71. The maximum atomic E-state index is 5.82. The Labute approximate surface area is 95.8 Å². The van der Waals surface area contributed by atoms with Crippen LogP contribution in [0.25, 0.3) is 0 Å². The summed E-state index contributed by atoms with van der Waals surface area (Å²) in [6, 6.07) is 6.20. The van der Waals surface area contributed by atoms with E-state index in [0.29, 0.717) is 5.92 Å². The Hall–Kier alpha value is -1.22. The maximum Gasteiger partial charge on any atom is 0.126 e. The second kappa shape index (κ2) is 3.98. The Bertz CT molecular complexity index is 392. The molecule has 1 saturated heterocycles. The summed E-state index contributed by atoms with van der Waals surface area (Å²) in [7, 11) is 1.69. The van der Waals surface area contributed by atoms with Crippen molar-refractivity contribution in [3.05, 3.63) is 23.8 Å². The lowest BCUT2D eigenvalue weighted by Crippen LogP contribution is -2.11. The second-order valence-corrected chi connectivity index (χ2v) is 4.57. The first-order chi connectivity index (χ1) is 7.88. The van der Waals surface area contributed by atoms with Gasteiger partial charge in [0, 0.05) is 18.5 Å². The molecule has 0 amide bonds. The minimum absolute atomic E-state index is 0.614. The molecule has 0 aliphatic carbocycles. The Balaban J connectivity index is 2.01. The van der Waals surface area contributed by atoms with Crippen molar-refractivity contribution >= 4 is 0 Å². The molecular formula is C13H17NO2. The Morgan fingerprint density at radius 1 is 1.38 bits per heavy atom. The Morgan fingerprint density at radius 3 is 3.19 bits per heavy atom. The molecule has 2 aliphatic rings. The molecule has 1 fully saturated rings. The molecule has 0 unspecified atom stereocenters. The zero-order valence-corrected chi connectivity index (χ0v) is 9.53. The van der Waals surface area contributed by atoms with Gasteiger partial charge in [-0.05, 0) is 30.5 Å². The van der Waals surface area contributed by atoms with E-state index < -0.39 is 0 Å². The molecule has 2 atom stereocenters. The SMILES string of the molecule is COc1ccc2c(c1)OCC[C@@H]1CNC[C@@H]21. The topological polar surface area (TPSA) is 30.5 Å². The van der Waals surface area contributed by atoms with E-state index in [1.807, 2.05) is 12.1 Å². The molecule has 0 spiro atoms. The summed E-state index contributed by atoms with van der Waals surface area (Å²) in [4.78, 5) is 0. The molecule has 0 aromatic heterocycles. The number of rotatable bonds is 1. The first-order valence-electron chi connectivity index (χ1n) is 5.90. The largest absolute Gasteiger partial charge is 0.497 e. The van der Waals surface area contributed by atoms with E-state index in [-0.39, 0.29) is 0 Å². The van der Waals surface area contributed by atoms with Gasteiger partial charge in [0.05, 0.1) is 13.7 Å². The van der Waals surface area contributed by atoms with Gasteiger partial charge in [-0.1, -0.05) is 6.07 Å². The van der Waals surface area contributed by atoms with Crippen LogP contribution in [0.2, 0.25) is 0 Å². The van der Waals surface area contributed by atoms with E-state index in [2.05, 4.69) is 11.4 Å². The van der Waals surface area contributed by atoms with Gasteiger partial charge < -0.3 is 14.8 Å². The summed E-state index contributed by atoms with van der Waals surface area (Å²) < 4.78 is 11.1. The molecule has 16 heavy (non-hydrogen) atoms. The summed E-state index contributed by atoms with van der Waals surface area (Å²) in [5, 5.41) is 3.47. The number of nitrogens with one attached hydrogen (secondary N) is 1. The van der Waals surface area contributed by atoms with Crippen molar-refractivity contribution in [2.45, 2.75) is 12.3 Å². The highest BCUT2D eigenvalue weighted by Crippen LogP contribution is 2.40. The van der Waals surface area contributed by atoms with Crippen LogP contribution < -0.4 is 14.8 Å². The number of fused-ring (bicyclic) bond motifs is 3.